The van der Waals surface area contributed by atoms with Gasteiger partial charge < -0.3 is 11.1 Å². The lowest BCUT2D eigenvalue weighted by atomic mass is 10.2. The highest BCUT2D eigenvalue weighted by Crippen LogP contribution is 2.27. The van der Waals surface area contributed by atoms with Gasteiger partial charge in [-0.05, 0) is 35.7 Å². The van der Waals surface area contributed by atoms with Gasteiger partial charge in [0.15, 0.2) is 0 Å². The van der Waals surface area contributed by atoms with Crippen molar-refractivity contribution in [1.29, 1.82) is 0 Å². The lowest BCUT2D eigenvalue weighted by Gasteiger charge is -2.07. The summed E-state index contributed by atoms with van der Waals surface area (Å²) >= 11 is 7.29. The fourth-order valence-electron chi connectivity index (χ4n) is 1.93. The first kappa shape index (κ1) is 13.0. The van der Waals surface area contributed by atoms with Crippen LogP contribution in [0.15, 0.2) is 48.5 Å². The summed E-state index contributed by atoms with van der Waals surface area (Å²) in [5.74, 6) is -0.166. The average molecular weight is 303 g/mol. The molecule has 0 aliphatic heterocycles. The molecule has 100 valence electrons. The average Bonchev–Trinajstić information content (AvgIpc) is 2.86. The second-order valence-electron chi connectivity index (χ2n) is 4.33. The molecule has 1 amide bonds. The highest BCUT2D eigenvalue weighted by Gasteiger charge is 2.11. The molecule has 0 bridgehead atoms. The van der Waals surface area contributed by atoms with E-state index in [9.17, 15) is 4.79 Å². The summed E-state index contributed by atoms with van der Waals surface area (Å²) in [5.41, 5.74) is 6.84. The normalized spacial score (nSPS) is 10.7. The molecule has 3 N–H and O–H groups in total. The zero-order valence-electron chi connectivity index (χ0n) is 10.4. The number of amides is 1. The Morgan fingerprint density at radius 1 is 1.15 bits per heavy atom. The third-order valence-corrected chi connectivity index (χ3v) is 4.26. The molecule has 3 nitrogen and oxygen atoms in total. The molecule has 3 aromatic rings. The fraction of sp³-hybridized carbons (Fsp3) is 0. The third kappa shape index (κ3) is 2.48. The maximum Gasteiger partial charge on any atom is 0.265 e. The van der Waals surface area contributed by atoms with Gasteiger partial charge in [0.05, 0.1) is 16.3 Å². The molecule has 0 radical (unpaired) electrons. The number of hydrogen-bond donors (Lipinski definition) is 2. The Bertz CT molecular complexity index is 764. The molecular weight excluding hydrogens is 292 g/mol. The summed E-state index contributed by atoms with van der Waals surface area (Å²) in [6.07, 6.45) is 0. The van der Waals surface area contributed by atoms with Gasteiger partial charge in [-0.3, -0.25) is 4.79 Å². The summed E-state index contributed by atoms with van der Waals surface area (Å²) in [6, 6.07) is 14.8. The number of thiophene rings is 1. The Labute approximate surface area is 125 Å². The monoisotopic (exact) mass is 302 g/mol. The van der Waals surface area contributed by atoms with Crippen LogP contribution in [0.4, 0.5) is 11.4 Å². The van der Waals surface area contributed by atoms with Crippen molar-refractivity contribution < 1.29 is 4.79 Å². The standard InChI is InChI=1S/C15H11ClN2OS/c16-10-5-6-12(11(17)8-10)18-15(19)14-7-9-3-1-2-4-13(9)20-14/h1-8H,17H2,(H,18,19). The molecule has 0 unspecified atom stereocenters. The Hall–Kier alpha value is -2.04. The molecular formula is C15H11ClN2OS. The molecule has 0 aliphatic rings. The largest absolute Gasteiger partial charge is 0.397 e. The molecule has 1 heterocycles. The van der Waals surface area contributed by atoms with E-state index < -0.39 is 0 Å². The second kappa shape index (κ2) is 5.15. The van der Waals surface area contributed by atoms with Gasteiger partial charge in [-0.15, -0.1) is 11.3 Å². The number of halogens is 1. The molecule has 0 spiro atoms. The maximum atomic E-state index is 12.2. The van der Waals surface area contributed by atoms with E-state index in [0.29, 0.717) is 21.3 Å². The first-order chi connectivity index (χ1) is 9.63. The lowest BCUT2D eigenvalue weighted by molar-refractivity contribution is 0.103. The molecule has 20 heavy (non-hydrogen) atoms. The Morgan fingerprint density at radius 2 is 1.95 bits per heavy atom. The number of carbonyl (C=O) groups is 1. The number of fused-ring (bicyclic) bond motifs is 1. The van der Waals surface area contributed by atoms with Crippen molar-refractivity contribution in [2.45, 2.75) is 0 Å². The van der Waals surface area contributed by atoms with Gasteiger partial charge >= 0.3 is 0 Å². The predicted molar refractivity (Wildman–Crippen MR) is 85.6 cm³/mol. The zero-order chi connectivity index (χ0) is 14.1. The molecule has 0 fully saturated rings. The summed E-state index contributed by atoms with van der Waals surface area (Å²) in [4.78, 5) is 12.9. The lowest BCUT2D eigenvalue weighted by Crippen LogP contribution is -2.11. The van der Waals surface area contributed by atoms with E-state index in [1.165, 1.54) is 11.3 Å². The Kier molecular flexibility index (Phi) is 3.34. The van der Waals surface area contributed by atoms with Crippen LogP contribution in [0.5, 0.6) is 0 Å². The SMILES string of the molecule is Nc1cc(Cl)ccc1NC(=O)c1cc2ccccc2s1. The van der Waals surface area contributed by atoms with Gasteiger partial charge in [0.1, 0.15) is 0 Å². The van der Waals surface area contributed by atoms with E-state index in [2.05, 4.69) is 5.32 Å². The van der Waals surface area contributed by atoms with Crippen molar-refractivity contribution >= 4 is 50.3 Å². The van der Waals surface area contributed by atoms with Crippen LogP contribution in [0.1, 0.15) is 9.67 Å². The van der Waals surface area contributed by atoms with Crippen LogP contribution >= 0.6 is 22.9 Å². The van der Waals surface area contributed by atoms with Gasteiger partial charge in [-0.2, -0.15) is 0 Å². The van der Waals surface area contributed by atoms with Crippen LogP contribution in [0.25, 0.3) is 10.1 Å². The number of nitrogens with one attached hydrogen (secondary N) is 1. The van der Waals surface area contributed by atoms with Gasteiger partial charge in [0.25, 0.3) is 5.91 Å². The van der Waals surface area contributed by atoms with E-state index in [1.807, 2.05) is 30.3 Å². The van der Waals surface area contributed by atoms with Gasteiger partial charge in [0, 0.05) is 9.72 Å². The molecule has 3 rings (SSSR count). The predicted octanol–water partition coefficient (Wildman–Crippen LogP) is 4.39. The number of hydrogen-bond acceptors (Lipinski definition) is 3. The van der Waals surface area contributed by atoms with Crippen molar-refractivity contribution in [2.75, 3.05) is 11.1 Å². The fourth-order valence-corrected chi connectivity index (χ4v) is 3.06. The molecule has 0 aliphatic carbocycles. The van der Waals surface area contributed by atoms with Crippen molar-refractivity contribution in [2.24, 2.45) is 0 Å². The molecule has 0 saturated carbocycles. The first-order valence-corrected chi connectivity index (χ1v) is 7.18. The highest BCUT2D eigenvalue weighted by atomic mass is 35.5. The van der Waals surface area contributed by atoms with E-state index in [1.54, 1.807) is 18.2 Å². The first-order valence-electron chi connectivity index (χ1n) is 5.98. The number of rotatable bonds is 2. The summed E-state index contributed by atoms with van der Waals surface area (Å²) in [7, 11) is 0. The quantitative estimate of drug-likeness (QED) is 0.690. The second-order valence-corrected chi connectivity index (χ2v) is 5.85. The smallest absolute Gasteiger partial charge is 0.265 e. The number of nitrogen functional groups attached to an aromatic ring is 1. The van der Waals surface area contributed by atoms with Crippen molar-refractivity contribution in [3.63, 3.8) is 0 Å². The third-order valence-electron chi connectivity index (χ3n) is 2.91. The molecule has 0 atom stereocenters. The van der Waals surface area contributed by atoms with E-state index >= 15 is 0 Å². The van der Waals surface area contributed by atoms with E-state index in [-0.39, 0.29) is 5.91 Å². The highest BCUT2D eigenvalue weighted by molar-refractivity contribution is 7.20. The molecule has 2 aromatic carbocycles. The Balaban J connectivity index is 1.89. The summed E-state index contributed by atoms with van der Waals surface area (Å²) < 4.78 is 1.08. The van der Waals surface area contributed by atoms with Gasteiger partial charge in [-0.1, -0.05) is 29.8 Å². The van der Waals surface area contributed by atoms with Gasteiger partial charge in [-0.25, -0.2) is 0 Å². The minimum absolute atomic E-state index is 0.166. The van der Waals surface area contributed by atoms with E-state index in [0.717, 1.165) is 10.1 Å². The van der Waals surface area contributed by atoms with Crippen LogP contribution < -0.4 is 11.1 Å². The summed E-state index contributed by atoms with van der Waals surface area (Å²) in [5, 5.41) is 4.41. The topological polar surface area (TPSA) is 55.1 Å². The van der Waals surface area contributed by atoms with Crippen LogP contribution in [0, 0.1) is 0 Å². The van der Waals surface area contributed by atoms with Crippen molar-refractivity contribution in [1.82, 2.24) is 0 Å². The number of benzene rings is 2. The number of nitrogens with two attached hydrogens (primary N) is 1. The minimum Gasteiger partial charge on any atom is -0.397 e. The molecule has 5 heteroatoms. The van der Waals surface area contributed by atoms with E-state index in [4.69, 9.17) is 17.3 Å². The maximum absolute atomic E-state index is 12.2. The zero-order valence-corrected chi connectivity index (χ0v) is 12.0. The number of carbonyl (C=O) groups excluding carboxylic acids is 1. The Morgan fingerprint density at radius 3 is 2.70 bits per heavy atom. The van der Waals surface area contributed by atoms with Crippen LogP contribution in [-0.2, 0) is 0 Å². The minimum atomic E-state index is -0.166. The summed E-state index contributed by atoms with van der Waals surface area (Å²) in [6.45, 7) is 0. The van der Waals surface area contributed by atoms with Crippen LogP contribution in [0.2, 0.25) is 5.02 Å². The van der Waals surface area contributed by atoms with Gasteiger partial charge in [0.2, 0.25) is 0 Å². The molecule has 0 saturated heterocycles. The van der Waals surface area contributed by atoms with Crippen LogP contribution in [-0.4, -0.2) is 5.91 Å². The number of anilines is 2. The van der Waals surface area contributed by atoms with Crippen molar-refractivity contribution in [3.05, 3.63) is 58.4 Å². The molecule has 1 aromatic heterocycles. The van der Waals surface area contributed by atoms with Crippen LogP contribution in [0.3, 0.4) is 0 Å². The van der Waals surface area contributed by atoms with Crippen molar-refractivity contribution in [3.8, 4) is 0 Å².